The number of anilines is 1. The van der Waals surface area contributed by atoms with Gasteiger partial charge < -0.3 is 14.4 Å². The fraction of sp³-hybridized carbons (Fsp3) is 0.458. The largest absolute Gasteiger partial charge is 0.497 e. The molecule has 0 amide bonds. The monoisotopic (exact) mass is 391 g/mol. The molecule has 0 radical (unpaired) electrons. The van der Waals surface area contributed by atoms with E-state index in [0.29, 0.717) is 5.56 Å². The van der Waals surface area contributed by atoms with Crippen molar-refractivity contribution in [2.45, 2.75) is 19.4 Å². The molecule has 2 aliphatic rings. The molecule has 2 aromatic rings. The van der Waals surface area contributed by atoms with E-state index < -0.39 is 0 Å². The second kappa shape index (κ2) is 8.86. The summed E-state index contributed by atoms with van der Waals surface area (Å²) in [6.45, 7) is 6.44. The number of methoxy groups -OCH3 is 1. The van der Waals surface area contributed by atoms with Crippen LogP contribution in [0.1, 0.15) is 24.0 Å². The van der Waals surface area contributed by atoms with E-state index in [4.69, 9.17) is 9.47 Å². The Morgan fingerprint density at radius 2 is 2.03 bits per heavy atom. The minimum absolute atomic E-state index is 0.121. The van der Waals surface area contributed by atoms with Gasteiger partial charge in [0.25, 0.3) is 0 Å². The number of hydrogen-bond acceptors (Lipinski definition) is 5. The maximum Gasteiger partial charge on any atom is 0.119 e. The van der Waals surface area contributed by atoms with Crippen molar-refractivity contribution in [3.05, 3.63) is 59.7 Å². The van der Waals surface area contributed by atoms with Crippen LogP contribution >= 0.6 is 0 Å². The third-order valence-corrected chi connectivity index (χ3v) is 6.06. The number of rotatable bonds is 4. The molecule has 152 valence electrons. The zero-order valence-electron chi connectivity index (χ0n) is 17.1. The molecule has 2 aromatic carbocycles. The number of nitrogens with zero attached hydrogens (tertiary/aromatic N) is 3. The van der Waals surface area contributed by atoms with E-state index in [-0.39, 0.29) is 5.41 Å². The highest BCUT2D eigenvalue weighted by Crippen LogP contribution is 2.35. The van der Waals surface area contributed by atoms with E-state index in [1.165, 1.54) is 18.4 Å². The third kappa shape index (κ3) is 4.72. The van der Waals surface area contributed by atoms with Gasteiger partial charge in [0, 0.05) is 37.3 Å². The summed E-state index contributed by atoms with van der Waals surface area (Å²) >= 11 is 0. The molecule has 1 unspecified atom stereocenters. The summed E-state index contributed by atoms with van der Waals surface area (Å²) in [5.41, 5.74) is 3.24. The van der Waals surface area contributed by atoms with E-state index >= 15 is 0 Å². The first-order chi connectivity index (χ1) is 14.2. The van der Waals surface area contributed by atoms with Crippen molar-refractivity contribution in [2.75, 3.05) is 51.4 Å². The van der Waals surface area contributed by atoms with Gasteiger partial charge in [-0.3, -0.25) is 4.90 Å². The van der Waals surface area contributed by atoms with E-state index in [9.17, 15) is 5.26 Å². The van der Waals surface area contributed by atoms with E-state index in [0.717, 1.165) is 57.4 Å². The maximum atomic E-state index is 9.26. The normalized spacial score (nSPS) is 22.8. The summed E-state index contributed by atoms with van der Waals surface area (Å²) in [5.74, 6) is 0.913. The Balaban J connectivity index is 1.50. The van der Waals surface area contributed by atoms with Gasteiger partial charge in [0.05, 0.1) is 32.0 Å². The Bertz CT molecular complexity index is 878. The quantitative estimate of drug-likeness (QED) is 0.796. The van der Waals surface area contributed by atoms with Crippen LogP contribution in [0.5, 0.6) is 5.75 Å². The average Bonchev–Trinajstić information content (AvgIpc) is 2.96. The highest BCUT2D eigenvalue weighted by Gasteiger charge is 2.39. The minimum atomic E-state index is 0.121. The number of hydrogen-bond donors (Lipinski definition) is 0. The predicted molar refractivity (Wildman–Crippen MR) is 114 cm³/mol. The van der Waals surface area contributed by atoms with Gasteiger partial charge in [-0.15, -0.1) is 0 Å². The number of benzene rings is 2. The number of piperidine rings is 1. The second-order valence-corrected chi connectivity index (χ2v) is 8.30. The van der Waals surface area contributed by atoms with E-state index in [1.54, 1.807) is 7.11 Å². The standard InChI is InChI=1S/C24H29N3O2/c1-28-23-8-3-6-21(14-23)16-26-10-4-9-24(17-26)18-27(11-12-29-19-24)22-7-2-5-20(13-22)15-25/h2-3,5-8,13-14H,4,9-12,16-19H2,1H3. The molecule has 4 rings (SSSR count). The fourth-order valence-corrected chi connectivity index (χ4v) is 4.71. The molecular weight excluding hydrogens is 362 g/mol. The number of nitriles is 1. The third-order valence-electron chi connectivity index (χ3n) is 6.06. The second-order valence-electron chi connectivity index (χ2n) is 8.30. The number of ether oxygens (including phenoxy) is 2. The Morgan fingerprint density at radius 3 is 2.90 bits per heavy atom. The molecule has 1 atom stereocenters. The molecule has 0 saturated carbocycles. The fourth-order valence-electron chi connectivity index (χ4n) is 4.71. The highest BCUT2D eigenvalue weighted by atomic mass is 16.5. The average molecular weight is 392 g/mol. The van der Waals surface area contributed by atoms with Crippen molar-refractivity contribution in [3.8, 4) is 11.8 Å². The molecule has 0 N–H and O–H groups in total. The molecule has 1 spiro atoms. The van der Waals surface area contributed by atoms with Crippen LogP contribution in [0.4, 0.5) is 5.69 Å². The smallest absolute Gasteiger partial charge is 0.119 e. The maximum absolute atomic E-state index is 9.26. The van der Waals surface area contributed by atoms with Crippen LogP contribution in [0.2, 0.25) is 0 Å². The molecule has 0 aromatic heterocycles. The Labute approximate surface area is 173 Å². The Kier molecular flexibility index (Phi) is 6.03. The lowest BCUT2D eigenvalue weighted by molar-refractivity contribution is 0.0106. The van der Waals surface area contributed by atoms with Gasteiger partial charge in [-0.1, -0.05) is 18.2 Å². The van der Waals surface area contributed by atoms with Gasteiger partial charge >= 0.3 is 0 Å². The lowest BCUT2D eigenvalue weighted by atomic mass is 9.79. The van der Waals surface area contributed by atoms with Gasteiger partial charge in [0.15, 0.2) is 0 Å². The molecule has 2 aliphatic heterocycles. The van der Waals surface area contributed by atoms with Crippen LogP contribution < -0.4 is 9.64 Å². The summed E-state index contributed by atoms with van der Waals surface area (Å²) < 4.78 is 11.5. The summed E-state index contributed by atoms with van der Waals surface area (Å²) in [6, 6.07) is 18.6. The Hall–Kier alpha value is -2.55. The van der Waals surface area contributed by atoms with Crippen LogP contribution in [-0.2, 0) is 11.3 Å². The van der Waals surface area contributed by atoms with Crippen LogP contribution in [0.25, 0.3) is 0 Å². The SMILES string of the molecule is COc1cccc(CN2CCCC3(COCCN(c4cccc(C#N)c4)C3)C2)c1. The van der Waals surface area contributed by atoms with Gasteiger partial charge in [0.1, 0.15) is 5.75 Å². The predicted octanol–water partition coefficient (Wildman–Crippen LogP) is 3.69. The molecule has 0 aliphatic carbocycles. The van der Waals surface area contributed by atoms with E-state index in [2.05, 4.69) is 40.1 Å². The Morgan fingerprint density at radius 1 is 1.14 bits per heavy atom. The summed E-state index contributed by atoms with van der Waals surface area (Å²) in [4.78, 5) is 4.96. The van der Waals surface area contributed by atoms with Crippen LogP contribution in [0.3, 0.4) is 0 Å². The van der Waals surface area contributed by atoms with Gasteiger partial charge in [-0.05, 0) is 55.3 Å². The van der Waals surface area contributed by atoms with Crippen LogP contribution in [-0.4, -0.2) is 51.4 Å². The van der Waals surface area contributed by atoms with Gasteiger partial charge in [0.2, 0.25) is 0 Å². The summed E-state index contributed by atoms with van der Waals surface area (Å²) in [5, 5.41) is 9.26. The summed E-state index contributed by atoms with van der Waals surface area (Å²) in [6.07, 6.45) is 2.36. The first-order valence-corrected chi connectivity index (χ1v) is 10.4. The molecule has 29 heavy (non-hydrogen) atoms. The molecule has 5 nitrogen and oxygen atoms in total. The van der Waals surface area contributed by atoms with Crippen LogP contribution in [0, 0.1) is 16.7 Å². The molecule has 0 bridgehead atoms. The van der Waals surface area contributed by atoms with Crippen molar-refractivity contribution >= 4 is 5.69 Å². The van der Waals surface area contributed by atoms with Crippen LogP contribution in [0.15, 0.2) is 48.5 Å². The van der Waals surface area contributed by atoms with Gasteiger partial charge in [-0.25, -0.2) is 0 Å². The highest BCUT2D eigenvalue weighted by molar-refractivity contribution is 5.52. The topological polar surface area (TPSA) is 48.7 Å². The first kappa shape index (κ1) is 19.8. The zero-order chi connectivity index (χ0) is 20.1. The molecule has 2 heterocycles. The van der Waals surface area contributed by atoms with Crippen molar-refractivity contribution in [2.24, 2.45) is 5.41 Å². The molecule has 5 heteroatoms. The lowest BCUT2D eigenvalue weighted by Gasteiger charge is -2.44. The van der Waals surface area contributed by atoms with Crippen molar-refractivity contribution < 1.29 is 9.47 Å². The lowest BCUT2D eigenvalue weighted by Crippen LogP contribution is -2.50. The molecule has 2 fully saturated rings. The van der Waals surface area contributed by atoms with Crippen molar-refractivity contribution in [1.29, 1.82) is 5.26 Å². The van der Waals surface area contributed by atoms with Gasteiger partial charge in [-0.2, -0.15) is 5.26 Å². The molecule has 2 saturated heterocycles. The van der Waals surface area contributed by atoms with Crippen molar-refractivity contribution in [3.63, 3.8) is 0 Å². The number of likely N-dealkylation sites (tertiary alicyclic amines) is 1. The van der Waals surface area contributed by atoms with E-state index in [1.807, 2.05) is 24.3 Å². The molecular formula is C24H29N3O2. The minimum Gasteiger partial charge on any atom is -0.497 e. The first-order valence-electron chi connectivity index (χ1n) is 10.4. The van der Waals surface area contributed by atoms with Crippen molar-refractivity contribution in [1.82, 2.24) is 4.90 Å². The zero-order valence-corrected chi connectivity index (χ0v) is 17.1. The summed E-state index contributed by atoms with van der Waals surface area (Å²) in [7, 11) is 1.72.